The van der Waals surface area contributed by atoms with Gasteiger partial charge in [-0.05, 0) is 13.5 Å². The summed E-state index contributed by atoms with van der Waals surface area (Å²) in [7, 11) is -0.764. The largest absolute Gasteiger partial charge is 0.542 e. The van der Waals surface area contributed by atoms with Crippen LogP contribution in [0.4, 0.5) is 0 Å². The first kappa shape index (κ1) is 7.50. The summed E-state index contributed by atoms with van der Waals surface area (Å²) in [6.45, 7) is 11.1. The van der Waals surface area contributed by atoms with E-state index < -0.39 is 9.04 Å². The van der Waals surface area contributed by atoms with Crippen molar-refractivity contribution in [3.8, 4) is 0 Å². The van der Waals surface area contributed by atoms with Gasteiger partial charge < -0.3 is 4.43 Å². The minimum atomic E-state index is -0.764. The van der Waals surface area contributed by atoms with Crippen molar-refractivity contribution >= 4 is 9.04 Å². The van der Waals surface area contributed by atoms with E-state index in [2.05, 4.69) is 13.2 Å². The maximum Gasteiger partial charge on any atom is 0.304 e. The Morgan fingerprint density at radius 2 is 2.25 bits per heavy atom. The summed E-state index contributed by atoms with van der Waals surface area (Å²) in [6.07, 6.45) is 0. The Hall–Kier alpha value is -0.503. The molecular weight excluding hydrogens is 116 g/mol. The Balaban J connectivity index is 3.38. The van der Waals surface area contributed by atoms with E-state index in [0.717, 1.165) is 5.76 Å². The molecule has 0 fully saturated rings. The molecule has 0 aliphatic carbocycles. The molecule has 0 aliphatic heterocycles. The summed E-state index contributed by atoms with van der Waals surface area (Å²) in [5, 5.41) is 0. The first-order chi connectivity index (χ1) is 3.66. The van der Waals surface area contributed by atoms with Crippen molar-refractivity contribution in [2.45, 2.75) is 13.5 Å². The summed E-state index contributed by atoms with van der Waals surface area (Å²) >= 11 is 0. The van der Waals surface area contributed by atoms with Gasteiger partial charge in [0.25, 0.3) is 0 Å². The van der Waals surface area contributed by atoms with Crippen LogP contribution in [0.15, 0.2) is 24.6 Å². The fourth-order valence-corrected chi connectivity index (χ4v) is 0.949. The Labute approximate surface area is 52.4 Å². The molecule has 0 aromatic rings. The van der Waals surface area contributed by atoms with Crippen LogP contribution in [0.1, 0.15) is 6.92 Å². The van der Waals surface area contributed by atoms with Crippen LogP contribution < -0.4 is 0 Å². The first-order valence-electron chi connectivity index (χ1n) is 2.46. The molecular formula is C6H11OSi. The molecule has 1 radical (unpaired) electrons. The SMILES string of the molecule is C=C[Si](C)OC(=C)C. The second-order valence-electron chi connectivity index (χ2n) is 1.62. The van der Waals surface area contributed by atoms with Crippen molar-refractivity contribution in [1.29, 1.82) is 0 Å². The quantitative estimate of drug-likeness (QED) is 0.415. The molecule has 0 amide bonds. The lowest BCUT2D eigenvalue weighted by molar-refractivity contribution is 0.450. The zero-order chi connectivity index (χ0) is 6.57. The summed E-state index contributed by atoms with van der Waals surface area (Å²) < 4.78 is 5.19. The van der Waals surface area contributed by atoms with Gasteiger partial charge in [-0.3, -0.25) is 0 Å². The maximum absolute atomic E-state index is 5.19. The van der Waals surface area contributed by atoms with Crippen LogP contribution in [0, 0.1) is 0 Å². The van der Waals surface area contributed by atoms with Gasteiger partial charge in [0.15, 0.2) is 0 Å². The molecule has 0 aromatic carbocycles. The topological polar surface area (TPSA) is 9.23 Å². The van der Waals surface area contributed by atoms with Gasteiger partial charge in [0.1, 0.15) is 0 Å². The van der Waals surface area contributed by atoms with Gasteiger partial charge in [-0.1, -0.05) is 12.3 Å². The summed E-state index contributed by atoms with van der Waals surface area (Å²) in [5.41, 5.74) is 1.83. The maximum atomic E-state index is 5.19. The number of hydrogen-bond acceptors (Lipinski definition) is 1. The highest BCUT2D eigenvalue weighted by Gasteiger charge is 1.97. The van der Waals surface area contributed by atoms with Gasteiger partial charge in [-0.15, -0.1) is 6.58 Å². The van der Waals surface area contributed by atoms with Gasteiger partial charge in [-0.25, -0.2) is 0 Å². The highest BCUT2D eigenvalue weighted by molar-refractivity contribution is 6.56. The number of hydrogen-bond donors (Lipinski definition) is 0. The standard InChI is InChI=1S/C6H11OSi/c1-5-8(4)7-6(2)3/h5H,1-2H2,3-4H3. The predicted octanol–water partition coefficient (Wildman–Crippen LogP) is 1.88. The lowest BCUT2D eigenvalue weighted by atomic mass is 10.7. The lowest BCUT2D eigenvalue weighted by Crippen LogP contribution is -2.06. The normalized spacial score (nSPS) is 8.88. The first-order valence-corrected chi connectivity index (χ1v) is 4.44. The van der Waals surface area contributed by atoms with Crippen molar-refractivity contribution in [2.75, 3.05) is 0 Å². The molecule has 0 aromatic heterocycles. The highest BCUT2D eigenvalue weighted by Crippen LogP contribution is 1.94. The molecule has 0 N–H and O–H groups in total. The van der Waals surface area contributed by atoms with Gasteiger partial charge >= 0.3 is 9.04 Å². The van der Waals surface area contributed by atoms with Gasteiger partial charge in [0, 0.05) is 0 Å². The molecule has 0 aliphatic rings. The third kappa shape index (κ3) is 3.68. The molecule has 0 heterocycles. The van der Waals surface area contributed by atoms with Crippen molar-refractivity contribution in [3.63, 3.8) is 0 Å². The van der Waals surface area contributed by atoms with Crippen molar-refractivity contribution in [2.24, 2.45) is 0 Å². The van der Waals surface area contributed by atoms with Gasteiger partial charge in [0.2, 0.25) is 0 Å². The molecule has 0 rings (SSSR count). The summed E-state index contributed by atoms with van der Waals surface area (Å²) in [4.78, 5) is 0. The van der Waals surface area contributed by atoms with E-state index >= 15 is 0 Å². The Kier molecular flexibility index (Phi) is 3.27. The van der Waals surface area contributed by atoms with Crippen molar-refractivity contribution < 1.29 is 4.43 Å². The average molecular weight is 127 g/mol. The van der Waals surface area contributed by atoms with E-state index in [-0.39, 0.29) is 0 Å². The molecule has 0 saturated heterocycles. The predicted molar refractivity (Wildman–Crippen MR) is 37.7 cm³/mol. The minimum Gasteiger partial charge on any atom is -0.542 e. The molecule has 8 heavy (non-hydrogen) atoms. The minimum absolute atomic E-state index is 0.764. The zero-order valence-electron chi connectivity index (χ0n) is 5.40. The van der Waals surface area contributed by atoms with Gasteiger partial charge in [-0.2, -0.15) is 0 Å². The fourth-order valence-electron chi connectivity index (χ4n) is 0.316. The van der Waals surface area contributed by atoms with E-state index in [9.17, 15) is 0 Å². The summed E-state index contributed by atoms with van der Waals surface area (Å²) in [5.74, 6) is 0.779. The Morgan fingerprint density at radius 1 is 1.75 bits per heavy atom. The monoisotopic (exact) mass is 127 g/mol. The molecule has 0 saturated carbocycles. The second kappa shape index (κ2) is 3.49. The summed E-state index contributed by atoms with van der Waals surface area (Å²) in [6, 6.07) is 0. The van der Waals surface area contributed by atoms with Gasteiger partial charge in [0.05, 0.1) is 5.76 Å². The number of rotatable bonds is 3. The molecule has 2 heteroatoms. The van der Waals surface area contributed by atoms with Crippen molar-refractivity contribution in [3.05, 3.63) is 24.6 Å². The van der Waals surface area contributed by atoms with E-state index in [4.69, 9.17) is 4.43 Å². The lowest BCUT2D eigenvalue weighted by Gasteiger charge is -2.05. The fraction of sp³-hybridized carbons (Fsp3) is 0.333. The zero-order valence-corrected chi connectivity index (χ0v) is 6.40. The molecule has 0 atom stereocenters. The van der Waals surface area contributed by atoms with E-state index in [1.165, 1.54) is 0 Å². The van der Waals surface area contributed by atoms with Crippen LogP contribution in [0.2, 0.25) is 6.55 Å². The Bertz CT molecular complexity index is 98.7. The molecule has 0 spiro atoms. The molecule has 1 nitrogen and oxygen atoms in total. The van der Waals surface area contributed by atoms with Crippen LogP contribution in [-0.2, 0) is 4.43 Å². The van der Waals surface area contributed by atoms with E-state index in [0.29, 0.717) is 0 Å². The molecule has 45 valence electrons. The van der Waals surface area contributed by atoms with Crippen molar-refractivity contribution in [1.82, 2.24) is 0 Å². The molecule has 0 bridgehead atoms. The third-order valence-electron chi connectivity index (χ3n) is 0.623. The Morgan fingerprint density at radius 3 is 2.38 bits per heavy atom. The number of allylic oxidation sites excluding steroid dienone is 1. The third-order valence-corrected chi connectivity index (χ3v) is 1.87. The van der Waals surface area contributed by atoms with Crippen LogP contribution >= 0.6 is 0 Å². The van der Waals surface area contributed by atoms with E-state index in [1.54, 1.807) is 0 Å². The van der Waals surface area contributed by atoms with E-state index in [1.807, 2.05) is 19.2 Å². The second-order valence-corrected chi connectivity index (χ2v) is 3.45. The van der Waals surface area contributed by atoms with Crippen LogP contribution in [-0.4, -0.2) is 9.04 Å². The van der Waals surface area contributed by atoms with Crippen LogP contribution in [0.3, 0.4) is 0 Å². The van der Waals surface area contributed by atoms with Crippen LogP contribution in [0.25, 0.3) is 0 Å². The van der Waals surface area contributed by atoms with Crippen LogP contribution in [0.5, 0.6) is 0 Å². The molecule has 0 unspecified atom stereocenters. The average Bonchev–Trinajstić information content (AvgIpc) is 1.65. The highest BCUT2D eigenvalue weighted by atomic mass is 28.3. The smallest absolute Gasteiger partial charge is 0.304 e.